The average molecular weight is 453 g/mol. The Balaban J connectivity index is 1.29. The highest BCUT2D eigenvalue weighted by molar-refractivity contribution is 6.12. The number of ether oxygens (including phenoxy) is 1. The molecule has 2 nitrogen and oxygen atoms in total. The third-order valence-corrected chi connectivity index (χ3v) is 7.37. The van der Waals surface area contributed by atoms with Gasteiger partial charge in [-0.15, -0.1) is 0 Å². The first-order valence-electron chi connectivity index (χ1n) is 12.0. The molecule has 7 rings (SSSR count). The van der Waals surface area contributed by atoms with E-state index in [1.54, 1.807) is 0 Å². The van der Waals surface area contributed by atoms with Crippen LogP contribution in [0.25, 0.3) is 44.2 Å². The summed E-state index contributed by atoms with van der Waals surface area (Å²) in [7, 11) is 0. The minimum absolute atomic E-state index is 0.0986. The summed E-state index contributed by atoms with van der Waals surface area (Å²) in [6, 6.07) is 38.2. The number of hydrogen-bond acceptors (Lipinski definition) is 2. The lowest BCUT2D eigenvalue weighted by Gasteiger charge is -2.34. The van der Waals surface area contributed by atoms with Gasteiger partial charge in [-0.25, -0.2) is 0 Å². The molecule has 168 valence electrons. The van der Waals surface area contributed by atoms with E-state index in [1.807, 2.05) is 24.3 Å². The summed E-state index contributed by atoms with van der Waals surface area (Å²) >= 11 is 0. The van der Waals surface area contributed by atoms with Gasteiger partial charge in [-0.1, -0.05) is 98.8 Å². The fourth-order valence-electron chi connectivity index (χ4n) is 5.50. The quantitative estimate of drug-likeness (QED) is 0.261. The largest absolute Gasteiger partial charge is 0.457 e. The highest BCUT2D eigenvalue weighted by Crippen LogP contribution is 2.48. The lowest BCUT2D eigenvalue weighted by Crippen LogP contribution is -2.24. The van der Waals surface area contributed by atoms with Crippen LogP contribution in [0.4, 0.5) is 0 Å². The van der Waals surface area contributed by atoms with Crippen molar-refractivity contribution in [1.82, 2.24) is 0 Å². The van der Waals surface area contributed by atoms with Gasteiger partial charge in [0.1, 0.15) is 22.7 Å². The third-order valence-electron chi connectivity index (χ3n) is 7.37. The van der Waals surface area contributed by atoms with Crippen molar-refractivity contribution in [3.8, 4) is 33.8 Å². The van der Waals surface area contributed by atoms with Crippen LogP contribution in [-0.2, 0) is 5.41 Å². The first-order valence-corrected chi connectivity index (χ1v) is 12.0. The van der Waals surface area contributed by atoms with Gasteiger partial charge in [0.15, 0.2) is 0 Å². The number of rotatable bonds is 2. The molecule has 1 aromatic heterocycles. The summed E-state index contributed by atoms with van der Waals surface area (Å²) in [6.07, 6.45) is 0. The fraction of sp³-hybridized carbons (Fsp3) is 0.0909. The Morgan fingerprint density at radius 3 is 2.11 bits per heavy atom. The molecule has 0 N–H and O–H groups in total. The van der Waals surface area contributed by atoms with Gasteiger partial charge in [-0.3, -0.25) is 0 Å². The molecule has 2 heterocycles. The minimum Gasteiger partial charge on any atom is -0.457 e. The van der Waals surface area contributed by atoms with E-state index < -0.39 is 0 Å². The number of hydrogen-bond donors (Lipinski definition) is 0. The molecule has 0 saturated carbocycles. The van der Waals surface area contributed by atoms with Crippen LogP contribution in [0.15, 0.2) is 114 Å². The summed E-state index contributed by atoms with van der Waals surface area (Å²) in [4.78, 5) is 0. The van der Waals surface area contributed by atoms with E-state index in [1.165, 1.54) is 33.2 Å². The first-order chi connectivity index (χ1) is 17.1. The Bertz CT molecular complexity index is 1740. The predicted molar refractivity (Wildman–Crippen MR) is 143 cm³/mol. The highest BCUT2D eigenvalue weighted by Gasteiger charge is 2.33. The second kappa shape index (κ2) is 7.35. The van der Waals surface area contributed by atoms with Gasteiger partial charge in [-0.05, 0) is 46.5 Å². The van der Waals surface area contributed by atoms with Crippen LogP contribution < -0.4 is 4.74 Å². The Hall–Kier alpha value is -4.30. The molecule has 0 bridgehead atoms. The molecule has 0 amide bonds. The normalized spacial score (nSPS) is 13.9. The molecule has 35 heavy (non-hydrogen) atoms. The van der Waals surface area contributed by atoms with Crippen molar-refractivity contribution in [3.05, 3.63) is 120 Å². The molecule has 0 spiro atoms. The summed E-state index contributed by atoms with van der Waals surface area (Å²) in [5.41, 5.74) is 8.87. The smallest absolute Gasteiger partial charge is 0.136 e. The standard InChI is InChI=1S/C33H24O2/c1-33(2)26-10-4-6-12-29(26)35-31-20-23(18-19-27(31)33)21-14-16-22(17-15-21)24-9-7-13-30-32(24)25-8-3-5-11-28(25)34-30/h3-20H,1-2H3. The van der Waals surface area contributed by atoms with E-state index in [0.717, 1.165) is 33.6 Å². The van der Waals surface area contributed by atoms with Crippen LogP contribution in [0, 0.1) is 0 Å². The Labute approximate surface area is 204 Å². The van der Waals surface area contributed by atoms with E-state index in [2.05, 4.69) is 98.8 Å². The van der Waals surface area contributed by atoms with Crippen LogP contribution in [0.3, 0.4) is 0 Å². The zero-order valence-electron chi connectivity index (χ0n) is 19.7. The van der Waals surface area contributed by atoms with Crippen molar-refractivity contribution in [2.45, 2.75) is 19.3 Å². The maximum Gasteiger partial charge on any atom is 0.136 e. The van der Waals surface area contributed by atoms with Gasteiger partial charge in [0.2, 0.25) is 0 Å². The van der Waals surface area contributed by atoms with Crippen molar-refractivity contribution >= 4 is 21.9 Å². The predicted octanol–water partition coefficient (Wildman–Crippen LogP) is 9.35. The summed E-state index contributed by atoms with van der Waals surface area (Å²) < 4.78 is 12.4. The molecule has 1 aliphatic rings. The molecule has 2 heteroatoms. The third kappa shape index (κ3) is 3.03. The fourth-order valence-corrected chi connectivity index (χ4v) is 5.50. The SMILES string of the molecule is CC1(C)c2ccccc2Oc2cc(-c3ccc(-c4cccc5oc6ccccc6c45)cc3)ccc21. The maximum atomic E-state index is 6.34. The number of fused-ring (bicyclic) bond motifs is 5. The van der Waals surface area contributed by atoms with Crippen molar-refractivity contribution in [1.29, 1.82) is 0 Å². The minimum atomic E-state index is -0.0986. The number of furan rings is 1. The van der Waals surface area contributed by atoms with Gasteiger partial charge < -0.3 is 9.15 Å². The van der Waals surface area contributed by atoms with Gasteiger partial charge in [0, 0.05) is 27.3 Å². The second-order valence-electron chi connectivity index (χ2n) is 9.79. The Kier molecular flexibility index (Phi) is 4.22. The van der Waals surface area contributed by atoms with E-state index in [-0.39, 0.29) is 5.41 Å². The molecule has 0 aliphatic carbocycles. The van der Waals surface area contributed by atoms with Crippen molar-refractivity contribution < 1.29 is 9.15 Å². The Morgan fingerprint density at radius 2 is 1.23 bits per heavy atom. The molecule has 0 saturated heterocycles. The van der Waals surface area contributed by atoms with Crippen LogP contribution >= 0.6 is 0 Å². The Morgan fingerprint density at radius 1 is 0.543 bits per heavy atom. The lowest BCUT2D eigenvalue weighted by molar-refractivity contribution is 0.418. The zero-order chi connectivity index (χ0) is 23.6. The highest BCUT2D eigenvalue weighted by atomic mass is 16.5. The second-order valence-corrected chi connectivity index (χ2v) is 9.79. The molecule has 1 aliphatic heterocycles. The van der Waals surface area contributed by atoms with Crippen LogP contribution in [0.2, 0.25) is 0 Å². The monoisotopic (exact) mass is 452 g/mol. The van der Waals surface area contributed by atoms with E-state index in [0.29, 0.717) is 0 Å². The average Bonchev–Trinajstić information content (AvgIpc) is 3.27. The van der Waals surface area contributed by atoms with E-state index >= 15 is 0 Å². The summed E-state index contributed by atoms with van der Waals surface area (Å²) in [5.74, 6) is 1.88. The molecule has 6 aromatic rings. The van der Waals surface area contributed by atoms with E-state index in [9.17, 15) is 0 Å². The summed E-state index contributed by atoms with van der Waals surface area (Å²) in [6.45, 7) is 4.53. The van der Waals surface area contributed by atoms with E-state index in [4.69, 9.17) is 9.15 Å². The van der Waals surface area contributed by atoms with Gasteiger partial charge in [0.05, 0.1) is 0 Å². The molecular weight excluding hydrogens is 428 g/mol. The van der Waals surface area contributed by atoms with Gasteiger partial charge in [-0.2, -0.15) is 0 Å². The molecular formula is C33H24O2. The van der Waals surface area contributed by atoms with Gasteiger partial charge in [0.25, 0.3) is 0 Å². The molecule has 0 atom stereocenters. The topological polar surface area (TPSA) is 22.4 Å². The molecule has 0 fully saturated rings. The molecule has 5 aromatic carbocycles. The lowest BCUT2D eigenvalue weighted by atomic mass is 9.75. The van der Waals surface area contributed by atoms with Crippen LogP contribution in [0.1, 0.15) is 25.0 Å². The van der Waals surface area contributed by atoms with Crippen molar-refractivity contribution in [2.24, 2.45) is 0 Å². The molecule has 0 unspecified atom stereocenters. The number of para-hydroxylation sites is 2. The van der Waals surface area contributed by atoms with Crippen molar-refractivity contribution in [3.63, 3.8) is 0 Å². The van der Waals surface area contributed by atoms with Crippen LogP contribution in [-0.4, -0.2) is 0 Å². The van der Waals surface area contributed by atoms with Crippen LogP contribution in [0.5, 0.6) is 11.5 Å². The van der Waals surface area contributed by atoms with Crippen molar-refractivity contribution in [2.75, 3.05) is 0 Å². The maximum absolute atomic E-state index is 6.34. The summed E-state index contributed by atoms with van der Waals surface area (Å²) in [5, 5.41) is 2.32. The number of benzene rings is 5. The zero-order valence-corrected chi connectivity index (χ0v) is 19.7. The first kappa shape index (κ1) is 20.1. The van der Waals surface area contributed by atoms with Gasteiger partial charge >= 0.3 is 0 Å². The molecule has 0 radical (unpaired) electrons.